The van der Waals surface area contributed by atoms with Gasteiger partial charge in [0, 0.05) is 6.42 Å². The zero-order valence-electron chi connectivity index (χ0n) is 8.30. The molecule has 0 fully saturated rings. The van der Waals surface area contributed by atoms with Crippen molar-refractivity contribution in [3.8, 4) is 0 Å². The first-order valence-electron chi connectivity index (χ1n) is 4.70. The number of nitrogens with one attached hydrogen (secondary N) is 1. The Bertz CT molecular complexity index is 182. The van der Waals surface area contributed by atoms with E-state index in [0.29, 0.717) is 11.4 Å². The maximum absolute atomic E-state index is 11.2. The number of carbonyl (C=O) groups is 1. The summed E-state index contributed by atoms with van der Waals surface area (Å²) in [6.45, 7) is 4.01. The van der Waals surface area contributed by atoms with Crippen molar-refractivity contribution in [1.29, 1.82) is 0 Å². The van der Waals surface area contributed by atoms with Gasteiger partial charge in [-0.05, 0) is 12.8 Å². The largest absolute Gasteiger partial charge is 0.392 e. The Labute approximate surface area is 85.1 Å². The Morgan fingerprint density at radius 1 is 1.46 bits per heavy atom. The zero-order chi connectivity index (χ0) is 10.3. The van der Waals surface area contributed by atoms with Crippen molar-refractivity contribution >= 4 is 23.1 Å². The summed E-state index contributed by atoms with van der Waals surface area (Å²) in [6, 6.07) is -0.126. The maximum Gasteiger partial charge on any atom is 0.220 e. The summed E-state index contributed by atoms with van der Waals surface area (Å²) in [6.07, 6.45) is 3.18. The van der Waals surface area contributed by atoms with Crippen LogP contribution in [0.4, 0.5) is 0 Å². The highest BCUT2D eigenvalue weighted by Crippen LogP contribution is 1.98. The van der Waals surface area contributed by atoms with Crippen molar-refractivity contribution in [1.82, 2.24) is 5.32 Å². The SMILES string of the molecule is CCCC(=O)NC(CCC)C(N)=S. The second kappa shape index (κ2) is 6.83. The maximum atomic E-state index is 11.2. The van der Waals surface area contributed by atoms with Crippen LogP contribution in [0.15, 0.2) is 0 Å². The van der Waals surface area contributed by atoms with Crippen molar-refractivity contribution in [2.45, 2.75) is 45.6 Å². The van der Waals surface area contributed by atoms with Gasteiger partial charge in [-0.3, -0.25) is 4.79 Å². The lowest BCUT2D eigenvalue weighted by Gasteiger charge is -2.16. The molecule has 1 amide bonds. The van der Waals surface area contributed by atoms with Crippen LogP contribution < -0.4 is 11.1 Å². The van der Waals surface area contributed by atoms with E-state index in [1.54, 1.807) is 0 Å². The lowest BCUT2D eigenvalue weighted by Crippen LogP contribution is -2.43. The van der Waals surface area contributed by atoms with Crippen LogP contribution in [0.3, 0.4) is 0 Å². The minimum Gasteiger partial charge on any atom is -0.392 e. The molecule has 0 aromatic rings. The predicted molar refractivity (Wildman–Crippen MR) is 58.5 cm³/mol. The van der Waals surface area contributed by atoms with Gasteiger partial charge in [-0.1, -0.05) is 32.5 Å². The molecule has 4 heteroatoms. The van der Waals surface area contributed by atoms with E-state index in [0.717, 1.165) is 19.3 Å². The Balaban J connectivity index is 3.94. The summed E-state index contributed by atoms with van der Waals surface area (Å²) in [5.74, 6) is 0.0359. The number of amides is 1. The molecule has 0 heterocycles. The minimum absolute atomic E-state index is 0.0359. The number of hydrogen-bond donors (Lipinski definition) is 2. The van der Waals surface area contributed by atoms with E-state index in [4.69, 9.17) is 18.0 Å². The van der Waals surface area contributed by atoms with Gasteiger partial charge in [-0.25, -0.2) is 0 Å². The molecule has 0 bridgehead atoms. The Morgan fingerprint density at radius 2 is 2.08 bits per heavy atom. The first-order valence-corrected chi connectivity index (χ1v) is 5.11. The number of hydrogen-bond acceptors (Lipinski definition) is 2. The van der Waals surface area contributed by atoms with Crippen LogP contribution in [0.1, 0.15) is 39.5 Å². The average Bonchev–Trinajstić information content (AvgIpc) is 2.04. The van der Waals surface area contributed by atoms with Gasteiger partial charge in [0.2, 0.25) is 5.91 Å². The number of carbonyl (C=O) groups excluding carboxylic acids is 1. The van der Waals surface area contributed by atoms with Crippen molar-refractivity contribution < 1.29 is 4.79 Å². The second-order valence-electron chi connectivity index (χ2n) is 3.06. The third kappa shape index (κ3) is 5.58. The van der Waals surface area contributed by atoms with Crippen LogP contribution in [0.5, 0.6) is 0 Å². The Kier molecular flexibility index (Phi) is 6.49. The van der Waals surface area contributed by atoms with E-state index >= 15 is 0 Å². The van der Waals surface area contributed by atoms with Crippen molar-refractivity contribution in [2.75, 3.05) is 0 Å². The summed E-state index contributed by atoms with van der Waals surface area (Å²) in [4.78, 5) is 11.6. The molecule has 0 saturated heterocycles. The summed E-state index contributed by atoms with van der Waals surface area (Å²) in [5, 5.41) is 2.81. The van der Waals surface area contributed by atoms with Gasteiger partial charge in [0.1, 0.15) is 0 Å². The van der Waals surface area contributed by atoms with E-state index in [2.05, 4.69) is 5.32 Å². The molecule has 0 rings (SSSR count). The third-order valence-electron chi connectivity index (χ3n) is 1.73. The molecular formula is C9H18N2OS. The van der Waals surface area contributed by atoms with Crippen LogP contribution >= 0.6 is 12.2 Å². The molecule has 0 spiro atoms. The highest BCUT2D eigenvalue weighted by Gasteiger charge is 2.12. The molecule has 0 aromatic heterocycles. The van der Waals surface area contributed by atoms with Gasteiger partial charge in [-0.2, -0.15) is 0 Å². The fraction of sp³-hybridized carbons (Fsp3) is 0.778. The molecule has 0 aromatic carbocycles. The summed E-state index contributed by atoms with van der Waals surface area (Å²) in [5.41, 5.74) is 5.48. The molecule has 3 nitrogen and oxygen atoms in total. The van der Waals surface area contributed by atoms with E-state index in [9.17, 15) is 4.79 Å². The molecule has 0 aliphatic rings. The summed E-state index contributed by atoms with van der Waals surface area (Å²) >= 11 is 4.85. The normalized spacial score (nSPS) is 12.2. The molecular weight excluding hydrogens is 184 g/mol. The van der Waals surface area contributed by atoms with Gasteiger partial charge in [0.25, 0.3) is 0 Å². The Morgan fingerprint density at radius 3 is 2.46 bits per heavy atom. The standard InChI is InChI=1S/C9H18N2OS/c1-3-5-7(9(10)13)11-8(12)6-4-2/h7H,3-6H2,1-2H3,(H2,10,13)(H,11,12). The topological polar surface area (TPSA) is 55.1 Å². The molecule has 0 radical (unpaired) electrons. The van der Waals surface area contributed by atoms with Crippen LogP contribution in [0, 0.1) is 0 Å². The van der Waals surface area contributed by atoms with E-state index < -0.39 is 0 Å². The van der Waals surface area contributed by atoms with Crippen LogP contribution in [0.25, 0.3) is 0 Å². The van der Waals surface area contributed by atoms with Crippen molar-refractivity contribution in [3.05, 3.63) is 0 Å². The van der Waals surface area contributed by atoms with Crippen LogP contribution in [-0.4, -0.2) is 16.9 Å². The summed E-state index contributed by atoms with van der Waals surface area (Å²) in [7, 11) is 0. The monoisotopic (exact) mass is 202 g/mol. The quantitative estimate of drug-likeness (QED) is 0.639. The van der Waals surface area contributed by atoms with Gasteiger partial charge in [-0.15, -0.1) is 0 Å². The van der Waals surface area contributed by atoms with Gasteiger partial charge in [0.05, 0.1) is 11.0 Å². The zero-order valence-corrected chi connectivity index (χ0v) is 9.12. The fourth-order valence-electron chi connectivity index (χ4n) is 1.07. The molecule has 76 valence electrons. The van der Waals surface area contributed by atoms with E-state index in [1.165, 1.54) is 0 Å². The van der Waals surface area contributed by atoms with Gasteiger partial charge < -0.3 is 11.1 Å². The average molecular weight is 202 g/mol. The first kappa shape index (κ1) is 12.4. The minimum atomic E-state index is -0.126. The number of nitrogens with two attached hydrogens (primary N) is 1. The summed E-state index contributed by atoms with van der Waals surface area (Å²) < 4.78 is 0. The Hall–Kier alpha value is -0.640. The number of thiocarbonyl (C=S) groups is 1. The molecule has 0 saturated carbocycles. The van der Waals surface area contributed by atoms with Crippen molar-refractivity contribution in [3.63, 3.8) is 0 Å². The molecule has 0 aliphatic heterocycles. The van der Waals surface area contributed by atoms with Crippen LogP contribution in [0.2, 0.25) is 0 Å². The first-order chi connectivity index (χ1) is 6.11. The molecule has 13 heavy (non-hydrogen) atoms. The fourth-order valence-corrected chi connectivity index (χ4v) is 1.24. The lowest BCUT2D eigenvalue weighted by atomic mass is 10.1. The van der Waals surface area contributed by atoms with E-state index in [1.807, 2.05) is 13.8 Å². The smallest absolute Gasteiger partial charge is 0.220 e. The lowest BCUT2D eigenvalue weighted by molar-refractivity contribution is -0.121. The number of rotatable bonds is 6. The molecule has 1 atom stereocenters. The van der Waals surface area contributed by atoms with Crippen molar-refractivity contribution in [2.24, 2.45) is 5.73 Å². The van der Waals surface area contributed by atoms with Crippen LogP contribution in [-0.2, 0) is 4.79 Å². The second-order valence-corrected chi connectivity index (χ2v) is 3.53. The molecule has 3 N–H and O–H groups in total. The van der Waals surface area contributed by atoms with Gasteiger partial charge in [0.15, 0.2) is 0 Å². The highest BCUT2D eigenvalue weighted by molar-refractivity contribution is 7.80. The van der Waals surface area contributed by atoms with Gasteiger partial charge >= 0.3 is 0 Å². The highest BCUT2D eigenvalue weighted by atomic mass is 32.1. The molecule has 0 aliphatic carbocycles. The molecule has 1 unspecified atom stereocenters. The third-order valence-corrected chi connectivity index (χ3v) is 2.02. The predicted octanol–water partition coefficient (Wildman–Crippen LogP) is 1.36. The van der Waals surface area contributed by atoms with E-state index in [-0.39, 0.29) is 11.9 Å².